The molecule has 1 aromatic rings. The van der Waals surface area contributed by atoms with Gasteiger partial charge in [0.25, 0.3) is 5.91 Å². The summed E-state index contributed by atoms with van der Waals surface area (Å²) in [6.07, 6.45) is 2.36. The molecule has 0 heterocycles. The summed E-state index contributed by atoms with van der Waals surface area (Å²) in [4.78, 5) is 22.9. The van der Waals surface area contributed by atoms with Gasteiger partial charge in [-0.25, -0.2) is 13.6 Å². The predicted molar refractivity (Wildman–Crippen MR) is 75.4 cm³/mol. The minimum absolute atomic E-state index is 0.0260. The summed E-state index contributed by atoms with van der Waals surface area (Å²) in [5, 5.41) is 11.3. The molecule has 0 radical (unpaired) electrons. The number of nitrogens with one attached hydrogen (secondary N) is 1. The van der Waals surface area contributed by atoms with Crippen LogP contribution in [-0.4, -0.2) is 29.1 Å². The van der Waals surface area contributed by atoms with Crippen LogP contribution in [0.25, 0.3) is 0 Å². The van der Waals surface area contributed by atoms with E-state index >= 15 is 0 Å². The first kappa shape index (κ1) is 17.6. The Labute approximate surface area is 126 Å². The van der Waals surface area contributed by atoms with E-state index in [1.54, 1.807) is 19.1 Å². The molecule has 7 heteroatoms. The molecule has 0 aliphatic heterocycles. The molecule has 0 aliphatic rings. The molecule has 0 aliphatic carbocycles. The Hall–Kier alpha value is -2.44. The number of aliphatic carboxylic acids is 1. The number of hydrogen-bond donors (Lipinski definition) is 2. The van der Waals surface area contributed by atoms with Crippen LogP contribution in [0.3, 0.4) is 0 Å². The van der Waals surface area contributed by atoms with Gasteiger partial charge in [0.15, 0.2) is 17.7 Å². The second-order valence-corrected chi connectivity index (χ2v) is 4.54. The third kappa shape index (κ3) is 5.16. The second kappa shape index (κ2) is 8.11. The highest BCUT2D eigenvalue weighted by atomic mass is 19.2. The van der Waals surface area contributed by atoms with Crippen molar-refractivity contribution in [3.8, 4) is 5.75 Å². The molecular weight excluding hydrogens is 296 g/mol. The molecule has 0 saturated carbocycles. The fourth-order valence-corrected chi connectivity index (χ4v) is 1.59. The number of carboxylic acid groups (broad SMARTS) is 1. The number of rotatable bonds is 7. The van der Waals surface area contributed by atoms with Gasteiger partial charge in [0.1, 0.15) is 11.8 Å². The maximum Gasteiger partial charge on any atom is 0.326 e. The maximum absolute atomic E-state index is 13.0. The largest absolute Gasteiger partial charge is 0.481 e. The van der Waals surface area contributed by atoms with Crippen molar-refractivity contribution in [1.82, 2.24) is 5.32 Å². The van der Waals surface area contributed by atoms with E-state index in [9.17, 15) is 18.4 Å². The van der Waals surface area contributed by atoms with Gasteiger partial charge in [0.05, 0.1) is 0 Å². The van der Waals surface area contributed by atoms with Crippen molar-refractivity contribution in [1.29, 1.82) is 0 Å². The highest BCUT2D eigenvalue weighted by molar-refractivity contribution is 5.86. The Morgan fingerprint density at radius 2 is 2.05 bits per heavy atom. The van der Waals surface area contributed by atoms with Gasteiger partial charge in [-0.1, -0.05) is 12.2 Å². The van der Waals surface area contributed by atoms with Gasteiger partial charge < -0.3 is 15.2 Å². The summed E-state index contributed by atoms with van der Waals surface area (Å²) in [6.45, 7) is 3.11. The Bertz CT molecular complexity index is 575. The second-order valence-electron chi connectivity index (χ2n) is 4.54. The van der Waals surface area contributed by atoms with E-state index in [1.165, 1.54) is 13.0 Å². The zero-order valence-electron chi connectivity index (χ0n) is 12.2. The van der Waals surface area contributed by atoms with E-state index < -0.39 is 35.7 Å². The van der Waals surface area contributed by atoms with Crippen LogP contribution in [0.4, 0.5) is 8.78 Å². The summed E-state index contributed by atoms with van der Waals surface area (Å²) in [5.74, 6) is -3.99. The van der Waals surface area contributed by atoms with Crippen molar-refractivity contribution < 1.29 is 28.2 Å². The summed E-state index contributed by atoms with van der Waals surface area (Å²) >= 11 is 0. The van der Waals surface area contributed by atoms with E-state index in [4.69, 9.17) is 9.84 Å². The lowest BCUT2D eigenvalue weighted by molar-refractivity contribution is -0.142. The van der Waals surface area contributed by atoms with Crippen molar-refractivity contribution in [3.05, 3.63) is 42.0 Å². The molecule has 0 aromatic heterocycles. The normalized spacial score (nSPS) is 13.6. The number of carbonyl (C=O) groups is 2. The van der Waals surface area contributed by atoms with Gasteiger partial charge >= 0.3 is 5.97 Å². The van der Waals surface area contributed by atoms with Crippen LogP contribution >= 0.6 is 0 Å². The van der Waals surface area contributed by atoms with Crippen molar-refractivity contribution in [2.24, 2.45) is 0 Å². The number of benzene rings is 1. The molecule has 22 heavy (non-hydrogen) atoms. The lowest BCUT2D eigenvalue weighted by atomic mass is 10.2. The Morgan fingerprint density at radius 3 is 2.59 bits per heavy atom. The van der Waals surface area contributed by atoms with Gasteiger partial charge in [0, 0.05) is 6.07 Å². The molecule has 2 atom stereocenters. The minimum atomic E-state index is -1.17. The van der Waals surface area contributed by atoms with Crippen LogP contribution in [-0.2, 0) is 9.59 Å². The number of halogens is 2. The van der Waals surface area contributed by atoms with Crippen LogP contribution in [0.5, 0.6) is 5.75 Å². The van der Waals surface area contributed by atoms with Gasteiger partial charge in [-0.2, -0.15) is 0 Å². The van der Waals surface area contributed by atoms with E-state index in [2.05, 4.69) is 5.32 Å². The van der Waals surface area contributed by atoms with E-state index in [0.717, 1.165) is 12.1 Å². The molecule has 1 amide bonds. The summed E-state index contributed by atoms with van der Waals surface area (Å²) in [7, 11) is 0. The van der Waals surface area contributed by atoms with Crippen LogP contribution in [0, 0.1) is 11.6 Å². The number of carboxylic acids is 1. The Balaban J connectivity index is 2.67. The molecule has 0 saturated heterocycles. The highest BCUT2D eigenvalue weighted by Crippen LogP contribution is 2.16. The highest BCUT2D eigenvalue weighted by Gasteiger charge is 2.23. The maximum atomic E-state index is 13.0. The Kier molecular flexibility index (Phi) is 6.49. The van der Waals surface area contributed by atoms with Crippen LogP contribution in [0.2, 0.25) is 0 Å². The molecular formula is C15H17F2NO4. The smallest absolute Gasteiger partial charge is 0.326 e. The van der Waals surface area contributed by atoms with E-state index in [0.29, 0.717) is 0 Å². The lowest BCUT2D eigenvalue weighted by Crippen LogP contribution is -2.46. The Morgan fingerprint density at radius 1 is 1.36 bits per heavy atom. The standard InChI is InChI=1S/C15H17F2NO4/c1-3-4-5-13(15(20)21)18-14(19)9(2)22-10-6-7-11(16)12(17)8-10/h3-4,6-9,13H,5H2,1-2H3,(H,18,19)(H,20,21)/b4-3+. The molecule has 0 spiro atoms. The number of allylic oxidation sites excluding steroid dienone is 1. The average molecular weight is 313 g/mol. The fourth-order valence-electron chi connectivity index (χ4n) is 1.59. The van der Waals surface area contributed by atoms with Crippen molar-refractivity contribution >= 4 is 11.9 Å². The molecule has 2 unspecified atom stereocenters. The summed E-state index contributed by atoms with van der Waals surface area (Å²) < 4.78 is 31.0. The first-order chi connectivity index (χ1) is 10.3. The zero-order chi connectivity index (χ0) is 16.7. The summed E-state index contributed by atoms with van der Waals surface area (Å²) in [6, 6.07) is 1.78. The molecule has 2 N–H and O–H groups in total. The van der Waals surface area contributed by atoms with E-state index in [-0.39, 0.29) is 12.2 Å². The van der Waals surface area contributed by atoms with Gasteiger partial charge in [-0.15, -0.1) is 0 Å². The third-order valence-corrected chi connectivity index (χ3v) is 2.80. The van der Waals surface area contributed by atoms with Crippen molar-refractivity contribution in [2.75, 3.05) is 0 Å². The number of carbonyl (C=O) groups excluding carboxylic acids is 1. The quantitative estimate of drug-likeness (QED) is 0.757. The first-order valence-electron chi connectivity index (χ1n) is 6.61. The van der Waals surface area contributed by atoms with E-state index in [1.807, 2.05) is 0 Å². The third-order valence-electron chi connectivity index (χ3n) is 2.80. The minimum Gasteiger partial charge on any atom is -0.481 e. The van der Waals surface area contributed by atoms with Crippen molar-refractivity contribution in [3.63, 3.8) is 0 Å². The van der Waals surface area contributed by atoms with Crippen molar-refractivity contribution in [2.45, 2.75) is 32.4 Å². The topological polar surface area (TPSA) is 75.6 Å². The molecule has 1 aromatic carbocycles. The SMILES string of the molecule is C/C=C/CC(NC(=O)C(C)Oc1ccc(F)c(F)c1)C(=O)O. The van der Waals surface area contributed by atoms with Gasteiger partial charge in [0.2, 0.25) is 0 Å². The first-order valence-corrected chi connectivity index (χ1v) is 6.61. The molecule has 0 bridgehead atoms. The lowest BCUT2D eigenvalue weighted by Gasteiger charge is -2.18. The molecule has 120 valence electrons. The average Bonchev–Trinajstić information content (AvgIpc) is 2.46. The monoisotopic (exact) mass is 313 g/mol. The fraction of sp³-hybridized carbons (Fsp3) is 0.333. The molecule has 1 rings (SSSR count). The molecule has 5 nitrogen and oxygen atoms in total. The molecule has 0 fully saturated rings. The number of hydrogen-bond acceptors (Lipinski definition) is 3. The number of ether oxygens (including phenoxy) is 1. The van der Waals surface area contributed by atoms with Crippen LogP contribution in [0.15, 0.2) is 30.4 Å². The predicted octanol–water partition coefficient (Wildman–Crippen LogP) is 2.27. The van der Waals surface area contributed by atoms with Gasteiger partial charge in [-0.3, -0.25) is 4.79 Å². The zero-order valence-corrected chi connectivity index (χ0v) is 12.2. The number of amides is 1. The van der Waals surface area contributed by atoms with Gasteiger partial charge in [-0.05, 0) is 32.4 Å². The van der Waals surface area contributed by atoms with Crippen LogP contribution < -0.4 is 10.1 Å². The van der Waals surface area contributed by atoms with Crippen LogP contribution in [0.1, 0.15) is 20.3 Å². The summed E-state index contributed by atoms with van der Waals surface area (Å²) in [5.41, 5.74) is 0.